The van der Waals surface area contributed by atoms with Crippen LogP contribution in [-0.2, 0) is 9.53 Å². The Labute approximate surface area is 145 Å². The molecular formula is C20H18FNO3. The summed E-state index contributed by atoms with van der Waals surface area (Å²) in [5.41, 5.74) is 2.60. The number of nitrogens with zero attached hydrogens (tertiary/aromatic N) is 1. The first kappa shape index (κ1) is 16.9. The van der Waals surface area contributed by atoms with Crippen LogP contribution in [0, 0.1) is 5.82 Å². The zero-order chi connectivity index (χ0) is 17.6. The number of ether oxygens (including phenoxy) is 1. The Morgan fingerprint density at radius 3 is 2.40 bits per heavy atom. The highest BCUT2D eigenvalue weighted by atomic mass is 19.1. The van der Waals surface area contributed by atoms with E-state index in [9.17, 15) is 14.0 Å². The Kier molecular flexibility index (Phi) is 5.23. The third-order valence-electron chi connectivity index (χ3n) is 4.11. The van der Waals surface area contributed by atoms with E-state index in [2.05, 4.69) is 0 Å². The van der Waals surface area contributed by atoms with E-state index in [-0.39, 0.29) is 18.1 Å². The molecule has 1 heterocycles. The zero-order valence-electron chi connectivity index (χ0n) is 13.7. The molecule has 0 bridgehead atoms. The lowest BCUT2D eigenvalue weighted by Crippen LogP contribution is -2.37. The molecule has 3 rings (SSSR count). The number of hydrogen-bond donors (Lipinski definition) is 0. The lowest BCUT2D eigenvalue weighted by Gasteiger charge is -2.26. The Morgan fingerprint density at radius 2 is 1.76 bits per heavy atom. The van der Waals surface area contributed by atoms with Gasteiger partial charge in [0, 0.05) is 13.1 Å². The van der Waals surface area contributed by atoms with E-state index in [0.717, 1.165) is 12.0 Å². The number of hydrogen-bond acceptors (Lipinski definition) is 3. The topological polar surface area (TPSA) is 46.6 Å². The molecule has 2 aromatic rings. The van der Waals surface area contributed by atoms with Gasteiger partial charge in [0.05, 0.1) is 5.56 Å². The smallest absolute Gasteiger partial charge is 0.338 e. The lowest BCUT2D eigenvalue weighted by atomic mass is 10.00. The highest BCUT2D eigenvalue weighted by Gasteiger charge is 2.19. The van der Waals surface area contributed by atoms with Crippen molar-refractivity contribution >= 4 is 17.4 Å². The SMILES string of the molecule is O=C(OCC(=O)N1CC=C(c2ccccc2)CC1)c1ccc(F)cc1. The molecule has 0 saturated carbocycles. The molecule has 0 saturated heterocycles. The molecule has 128 valence electrons. The molecule has 0 spiro atoms. The molecule has 1 amide bonds. The van der Waals surface area contributed by atoms with Crippen molar-refractivity contribution in [3.63, 3.8) is 0 Å². The zero-order valence-corrected chi connectivity index (χ0v) is 13.7. The molecule has 1 aliphatic heterocycles. The normalized spacial score (nSPS) is 14.0. The fourth-order valence-corrected chi connectivity index (χ4v) is 2.70. The average molecular weight is 339 g/mol. The van der Waals surface area contributed by atoms with Gasteiger partial charge >= 0.3 is 5.97 Å². The van der Waals surface area contributed by atoms with Crippen molar-refractivity contribution in [3.8, 4) is 0 Å². The predicted molar refractivity (Wildman–Crippen MR) is 92.3 cm³/mol. The molecular weight excluding hydrogens is 321 g/mol. The highest BCUT2D eigenvalue weighted by Crippen LogP contribution is 2.22. The van der Waals surface area contributed by atoms with Crippen LogP contribution in [0.1, 0.15) is 22.3 Å². The summed E-state index contributed by atoms with van der Waals surface area (Å²) >= 11 is 0. The quantitative estimate of drug-likeness (QED) is 0.803. The summed E-state index contributed by atoms with van der Waals surface area (Å²) in [6.45, 7) is 0.773. The monoisotopic (exact) mass is 339 g/mol. The van der Waals surface area contributed by atoms with Gasteiger partial charge in [-0.2, -0.15) is 0 Å². The van der Waals surface area contributed by atoms with Crippen molar-refractivity contribution in [1.82, 2.24) is 4.90 Å². The third-order valence-corrected chi connectivity index (χ3v) is 4.11. The van der Waals surface area contributed by atoms with Crippen molar-refractivity contribution in [2.24, 2.45) is 0 Å². The van der Waals surface area contributed by atoms with E-state index in [1.165, 1.54) is 29.8 Å². The summed E-state index contributed by atoms with van der Waals surface area (Å²) < 4.78 is 17.9. The number of rotatable bonds is 4. The van der Waals surface area contributed by atoms with E-state index in [1.54, 1.807) is 4.90 Å². The number of benzene rings is 2. The maximum atomic E-state index is 12.8. The fraction of sp³-hybridized carbons (Fsp3) is 0.200. The summed E-state index contributed by atoms with van der Waals surface area (Å²) in [7, 11) is 0. The van der Waals surface area contributed by atoms with E-state index in [4.69, 9.17) is 4.74 Å². The van der Waals surface area contributed by atoms with Gasteiger partial charge in [-0.1, -0.05) is 36.4 Å². The van der Waals surface area contributed by atoms with Crippen LogP contribution in [0.2, 0.25) is 0 Å². The lowest BCUT2D eigenvalue weighted by molar-refractivity contribution is -0.134. The first-order valence-electron chi connectivity index (χ1n) is 8.08. The maximum absolute atomic E-state index is 12.8. The summed E-state index contributed by atoms with van der Waals surface area (Å²) in [5, 5.41) is 0. The minimum Gasteiger partial charge on any atom is -0.452 e. The van der Waals surface area contributed by atoms with Crippen molar-refractivity contribution in [1.29, 1.82) is 0 Å². The van der Waals surface area contributed by atoms with Gasteiger partial charge in [-0.3, -0.25) is 4.79 Å². The molecule has 0 aromatic heterocycles. The molecule has 1 aliphatic rings. The van der Waals surface area contributed by atoms with Crippen LogP contribution >= 0.6 is 0 Å². The Balaban J connectivity index is 1.52. The Hall–Kier alpha value is -2.95. The number of carbonyl (C=O) groups excluding carboxylic acids is 2. The Morgan fingerprint density at radius 1 is 1.04 bits per heavy atom. The number of esters is 1. The minimum atomic E-state index is -0.633. The molecule has 0 aliphatic carbocycles. The standard InChI is InChI=1S/C20H18FNO3/c21-18-8-6-17(7-9-18)20(24)25-14-19(23)22-12-10-16(11-13-22)15-4-2-1-3-5-15/h1-10H,11-14H2. The second-order valence-electron chi connectivity index (χ2n) is 5.77. The fourth-order valence-electron chi connectivity index (χ4n) is 2.70. The third kappa shape index (κ3) is 4.32. The largest absolute Gasteiger partial charge is 0.452 e. The van der Waals surface area contributed by atoms with Gasteiger partial charge in [0.1, 0.15) is 5.82 Å². The molecule has 5 heteroatoms. The van der Waals surface area contributed by atoms with Gasteiger partial charge in [0.2, 0.25) is 0 Å². The molecule has 0 radical (unpaired) electrons. The van der Waals surface area contributed by atoms with Crippen molar-refractivity contribution in [2.45, 2.75) is 6.42 Å². The molecule has 0 fully saturated rings. The maximum Gasteiger partial charge on any atom is 0.338 e. The van der Waals surface area contributed by atoms with Crippen LogP contribution in [-0.4, -0.2) is 36.5 Å². The second kappa shape index (κ2) is 7.75. The van der Waals surface area contributed by atoms with Crippen molar-refractivity contribution in [3.05, 3.63) is 77.6 Å². The van der Waals surface area contributed by atoms with Gasteiger partial charge in [-0.25, -0.2) is 9.18 Å². The molecule has 2 aromatic carbocycles. The van der Waals surface area contributed by atoms with Crippen LogP contribution in [0.3, 0.4) is 0 Å². The van der Waals surface area contributed by atoms with Gasteiger partial charge in [0.15, 0.2) is 6.61 Å². The van der Waals surface area contributed by atoms with Crippen LogP contribution < -0.4 is 0 Å². The first-order valence-corrected chi connectivity index (χ1v) is 8.08. The molecule has 0 unspecified atom stereocenters. The summed E-state index contributed by atoms with van der Waals surface area (Å²) in [5.74, 6) is -1.30. The summed E-state index contributed by atoms with van der Waals surface area (Å²) in [6.07, 6.45) is 2.79. The second-order valence-corrected chi connectivity index (χ2v) is 5.77. The highest BCUT2D eigenvalue weighted by molar-refractivity contribution is 5.91. The minimum absolute atomic E-state index is 0.221. The van der Waals surface area contributed by atoms with Crippen LogP contribution in [0.4, 0.5) is 4.39 Å². The van der Waals surface area contributed by atoms with E-state index in [0.29, 0.717) is 13.1 Å². The van der Waals surface area contributed by atoms with Crippen LogP contribution in [0.5, 0.6) is 0 Å². The van der Waals surface area contributed by atoms with E-state index >= 15 is 0 Å². The van der Waals surface area contributed by atoms with Crippen LogP contribution in [0.15, 0.2) is 60.7 Å². The number of amides is 1. The van der Waals surface area contributed by atoms with E-state index < -0.39 is 11.8 Å². The van der Waals surface area contributed by atoms with Gasteiger partial charge in [-0.15, -0.1) is 0 Å². The summed E-state index contributed by atoms with van der Waals surface area (Å²) in [6, 6.07) is 15.1. The van der Waals surface area contributed by atoms with Gasteiger partial charge < -0.3 is 9.64 Å². The van der Waals surface area contributed by atoms with Gasteiger partial charge in [-0.05, 0) is 41.8 Å². The number of halogens is 1. The first-order chi connectivity index (χ1) is 12.1. The van der Waals surface area contributed by atoms with Gasteiger partial charge in [0.25, 0.3) is 5.91 Å². The van der Waals surface area contributed by atoms with Crippen LogP contribution in [0.25, 0.3) is 5.57 Å². The number of carbonyl (C=O) groups is 2. The van der Waals surface area contributed by atoms with E-state index in [1.807, 2.05) is 36.4 Å². The van der Waals surface area contributed by atoms with Crippen molar-refractivity contribution < 1.29 is 18.7 Å². The Bertz CT molecular complexity index is 784. The molecule has 4 nitrogen and oxygen atoms in total. The molecule has 25 heavy (non-hydrogen) atoms. The average Bonchev–Trinajstić information content (AvgIpc) is 2.67. The molecule has 0 N–H and O–H groups in total. The van der Waals surface area contributed by atoms with Crippen molar-refractivity contribution in [2.75, 3.05) is 19.7 Å². The summed E-state index contributed by atoms with van der Waals surface area (Å²) in [4.78, 5) is 25.7. The predicted octanol–water partition coefficient (Wildman–Crippen LogP) is 3.30. The molecule has 0 atom stereocenters.